The number of hydrogen-bond donors (Lipinski definition) is 5. The molecule has 0 saturated carbocycles. The fraction of sp³-hybridized carbons (Fsp3) is 0.217. The van der Waals surface area contributed by atoms with Gasteiger partial charge in [-0.25, -0.2) is 4.79 Å². The van der Waals surface area contributed by atoms with Crippen LogP contribution in [0.5, 0.6) is 0 Å². The van der Waals surface area contributed by atoms with Gasteiger partial charge in [0, 0.05) is 29.9 Å². The zero-order chi connectivity index (χ0) is 23.5. The molecule has 0 aliphatic rings. The summed E-state index contributed by atoms with van der Waals surface area (Å²) < 4.78 is 0. The third-order valence-electron chi connectivity index (χ3n) is 4.31. The normalized spacial score (nSPS) is 10.9. The Labute approximate surface area is 185 Å². The van der Waals surface area contributed by atoms with Crippen LogP contribution in [-0.4, -0.2) is 35.0 Å². The first kappa shape index (κ1) is 24.0. The first-order valence-electron chi connectivity index (χ1n) is 9.77. The Kier molecular flexibility index (Phi) is 8.80. The van der Waals surface area contributed by atoms with Crippen LogP contribution in [0.3, 0.4) is 0 Å². The summed E-state index contributed by atoms with van der Waals surface area (Å²) >= 11 is 0. The Morgan fingerprint density at radius 3 is 2.09 bits per heavy atom. The topological polar surface area (TPSA) is 137 Å². The standard InChI is InChI=1S/C23H24N4O5/c1-3-16(14-22(30)31)24-20(28)12-13-21(29)25-17-8-10-18(11-9-17)26-23(32)27-19-7-5-4-6-15(19)2/h1,4-11,16H,12-14H2,2H3,(H,24,28)(H,25,29)(H,30,31)(H2,26,27,32)/t16-/m1/s1. The molecule has 0 aliphatic heterocycles. The van der Waals surface area contributed by atoms with Gasteiger partial charge in [0.05, 0.1) is 6.42 Å². The SMILES string of the molecule is C#C[C@H](CC(=O)O)NC(=O)CCC(=O)Nc1ccc(NC(=O)Nc2ccccc2C)cc1. The van der Waals surface area contributed by atoms with E-state index >= 15 is 0 Å². The predicted octanol–water partition coefficient (Wildman–Crippen LogP) is 2.95. The van der Waals surface area contributed by atoms with Crippen molar-refractivity contribution >= 4 is 40.9 Å². The van der Waals surface area contributed by atoms with Gasteiger partial charge in [-0.15, -0.1) is 6.42 Å². The summed E-state index contributed by atoms with van der Waals surface area (Å²) in [4.78, 5) is 46.7. The van der Waals surface area contributed by atoms with Crippen molar-refractivity contribution in [1.29, 1.82) is 0 Å². The molecule has 0 fully saturated rings. The molecule has 9 nitrogen and oxygen atoms in total. The maximum absolute atomic E-state index is 12.1. The maximum Gasteiger partial charge on any atom is 0.323 e. The first-order valence-corrected chi connectivity index (χ1v) is 9.77. The molecule has 0 spiro atoms. The Bertz CT molecular complexity index is 1030. The average molecular weight is 436 g/mol. The van der Waals surface area contributed by atoms with Gasteiger partial charge in [-0.05, 0) is 42.8 Å². The number of aryl methyl sites for hydroxylation is 1. The number of nitrogens with one attached hydrogen (secondary N) is 4. The van der Waals surface area contributed by atoms with Crippen LogP contribution in [0.15, 0.2) is 48.5 Å². The second-order valence-corrected chi connectivity index (χ2v) is 6.90. The number of carboxylic acid groups (broad SMARTS) is 1. The summed E-state index contributed by atoms with van der Waals surface area (Å²) in [6, 6.07) is 12.6. The van der Waals surface area contributed by atoms with Crippen molar-refractivity contribution in [1.82, 2.24) is 5.32 Å². The molecule has 32 heavy (non-hydrogen) atoms. The van der Waals surface area contributed by atoms with Gasteiger partial charge in [0.25, 0.3) is 0 Å². The minimum Gasteiger partial charge on any atom is -0.481 e. The molecule has 2 aromatic rings. The van der Waals surface area contributed by atoms with E-state index in [0.717, 1.165) is 5.56 Å². The fourth-order valence-corrected chi connectivity index (χ4v) is 2.68. The van der Waals surface area contributed by atoms with Crippen LogP contribution in [0.4, 0.5) is 21.9 Å². The minimum atomic E-state index is -1.13. The van der Waals surface area contributed by atoms with E-state index in [-0.39, 0.29) is 12.8 Å². The summed E-state index contributed by atoms with van der Waals surface area (Å²) in [6.07, 6.45) is 4.55. The summed E-state index contributed by atoms with van der Waals surface area (Å²) in [5, 5.41) is 19.2. The highest BCUT2D eigenvalue weighted by atomic mass is 16.4. The number of hydrogen-bond acceptors (Lipinski definition) is 4. The number of urea groups is 1. The number of anilines is 3. The lowest BCUT2D eigenvalue weighted by Gasteiger charge is -2.11. The molecule has 0 aliphatic carbocycles. The smallest absolute Gasteiger partial charge is 0.323 e. The summed E-state index contributed by atoms with van der Waals surface area (Å²) in [5.74, 6) is 0.145. The third kappa shape index (κ3) is 8.20. The zero-order valence-electron chi connectivity index (χ0n) is 17.5. The molecular weight excluding hydrogens is 412 g/mol. The molecule has 0 aromatic heterocycles. The average Bonchev–Trinajstić information content (AvgIpc) is 2.74. The van der Waals surface area contributed by atoms with Crippen molar-refractivity contribution in [2.45, 2.75) is 32.2 Å². The van der Waals surface area contributed by atoms with Gasteiger partial charge in [0.15, 0.2) is 0 Å². The van der Waals surface area contributed by atoms with E-state index in [2.05, 4.69) is 27.2 Å². The lowest BCUT2D eigenvalue weighted by atomic mass is 10.2. The highest BCUT2D eigenvalue weighted by Crippen LogP contribution is 2.16. The summed E-state index contributed by atoms with van der Waals surface area (Å²) in [7, 11) is 0. The van der Waals surface area contributed by atoms with Gasteiger partial charge in [0.2, 0.25) is 11.8 Å². The number of para-hydroxylation sites is 1. The van der Waals surface area contributed by atoms with Gasteiger partial charge in [-0.3, -0.25) is 14.4 Å². The van der Waals surface area contributed by atoms with Gasteiger partial charge >= 0.3 is 12.0 Å². The van der Waals surface area contributed by atoms with Crippen LogP contribution in [0.2, 0.25) is 0 Å². The van der Waals surface area contributed by atoms with E-state index in [9.17, 15) is 19.2 Å². The molecule has 0 unspecified atom stereocenters. The molecule has 166 valence electrons. The molecule has 0 radical (unpaired) electrons. The van der Waals surface area contributed by atoms with E-state index < -0.39 is 36.3 Å². The van der Waals surface area contributed by atoms with Crippen LogP contribution in [-0.2, 0) is 14.4 Å². The Balaban J connectivity index is 1.78. The van der Waals surface area contributed by atoms with Crippen molar-refractivity contribution in [2.24, 2.45) is 0 Å². The van der Waals surface area contributed by atoms with E-state index in [1.54, 1.807) is 30.3 Å². The van der Waals surface area contributed by atoms with Crippen molar-refractivity contribution < 1.29 is 24.3 Å². The van der Waals surface area contributed by atoms with Crippen LogP contribution in [0.1, 0.15) is 24.8 Å². The first-order chi connectivity index (χ1) is 15.3. The number of rotatable bonds is 9. The van der Waals surface area contributed by atoms with E-state index in [4.69, 9.17) is 11.5 Å². The van der Waals surface area contributed by atoms with Gasteiger partial charge in [-0.2, -0.15) is 0 Å². The minimum absolute atomic E-state index is 0.102. The van der Waals surface area contributed by atoms with Gasteiger partial charge < -0.3 is 26.4 Å². The lowest BCUT2D eigenvalue weighted by molar-refractivity contribution is -0.137. The molecule has 0 bridgehead atoms. The lowest BCUT2D eigenvalue weighted by Crippen LogP contribution is -2.35. The van der Waals surface area contributed by atoms with Crippen LogP contribution in [0, 0.1) is 19.3 Å². The maximum atomic E-state index is 12.1. The third-order valence-corrected chi connectivity index (χ3v) is 4.31. The highest BCUT2D eigenvalue weighted by molar-refractivity contribution is 6.00. The predicted molar refractivity (Wildman–Crippen MR) is 121 cm³/mol. The number of carboxylic acids is 1. The van der Waals surface area contributed by atoms with Crippen LogP contribution < -0.4 is 21.3 Å². The van der Waals surface area contributed by atoms with Crippen molar-refractivity contribution in [2.75, 3.05) is 16.0 Å². The fourth-order valence-electron chi connectivity index (χ4n) is 2.68. The number of aliphatic carboxylic acids is 1. The molecule has 2 rings (SSSR count). The van der Waals surface area contributed by atoms with Crippen LogP contribution in [0.25, 0.3) is 0 Å². The second-order valence-electron chi connectivity index (χ2n) is 6.90. The molecule has 1 atom stereocenters. The van der Waals surface area contributed by atoms with Crippen molar-refractivity contribution in [3.63, 3.8) is 0 Å². The zero-order valence-corrected chi connectivity index (χ0v) is 17.5. The van der Waals surface area contributed by atoms with Gasteiger partial charge in [-0.1, -0.05) is 24.1 Å². The van der Waals surface area contributed by atoms with E-state index in [1.165, 1.54) is 0 Å². The number of terminal acetylenes is 1. The number of carbonyl (C=O) groups excluding carboxylic acids is 3. The Morgan fingerprint density at radius 2 is 1.50 bits per heavy atom. The molecule has 0 saturated heterocycles. The summed E-state index contributed by atoms with van der Waals surface area (Å²) in [6.45, 7) is 1.89. The molecule has 5 N–H and O–H groups in total. The van der Waals surface area contributed by atoms with Crippen molar-refractivity contribution in [3.8, 4) is 12.3 Å². The van der Waals surface area contributed by atoms with Gasteiger partial charge in [0.1, 0.15) is 6.04 Å². The second kappa shape index (κ2) is 11.8. The molecule has 0 heterocycles. The monoisotopic (exact) mass is 436 g/mol. The molecule has 4 amide bonds. The highest BCUT2D eigenvalue weighted by Gasteiger charge is 2.14. The molecular formula is C23H24N4O5. The van der Waals surface area contributed by atoms with Crippen LogP contribution >= 0.6 is 0 Å². The summed E-state index contributed by atoms with van der Waals surface area (Å²) in [5.41, 5.74) is 2.67. The largest absolute Gasteiger partial charge is 0.481 e. The Hall–Kier alpha value is -4.32. The number of amides is 4. The van der Waals surface area contributed by atoms with E-state index in [1.807, 2.05) is 25.1 Å². The molecule has 2 aromatic carbocycles. The quantitative estimate of drug-likeness (QED) is 0.385. The Morgan fingerprint density at radius 1 is 0.906 bits per heavy atom. The number of benzene rings is 2. The molecule has 9 heteroatoms. The number of carbonyl (C=O) groups is 4. The van der Waals surface area contributed by atoms with Crippen molar-refractivity contribution in [3.05, 3.63) is 54.1 Å². The van der Waals surface area contributed by atoms with E-state index in [0.29, 0.717) is 17.1 Å².